The summed E-state index contributed by atoms with van der Waals surface area (Å²) in [7, 11) is 0. The minimum absolute atomic E-state index is 0. The Bertz CT molecular complexity index is 482. The molecule has 0 heterocycles. The number of nitrogens with one attached hydrogen (secondary N) is 1. The van der Waals surface area contributed by atoms with E-state index in [1.807, 2.05) is 27.7 Å². The fourth-order valence-corrected chi connectivity index (χ4v) is 2.27. The predicted molar refractivity (Wildman–Crippen MR) is 95.9 cm³/mol. The molecule has 0 bridgehead atoms. The Morgan fingerprint density at radius 1 is 1.09 bits per heavy atom. The predicted octanol–water partition coefficient (Wildman–Crippen LogP) is 3.15. The molecule has 0 aromatic heterocycles. The Hall–Kier alpha value is -1.46. The lowest BCUT2D eigenvalue weighted by Crippen LogP contribution is -2.52. The second-order valence-electron chi connectivity index (χ2n) is 5.17. The van der Waals surface area contributed by atoms with Gasteiger partial charge in [-0.2, -0.15) is 0 Å². The maximum atomic E-state index is 12.5. The molecule has 0 aliphatic heterocycles. The highest BCUT2D eigenvalue weighted by molar-refractivity contribution is 5.95. The van der Waals surface area contributed by atoms with E-state index in [1.54, 1.807) is 18.2 Å². The van der Waals surface area contributed by atoms with Crippen molar-refractivity contribution >= 4 is 18.3 Å². The van der Waals surface area contributed by atoms with Crippen LogP contribution in [-0.4, -0.2) is 31.2 Å². The number of amides is 1. The number of rotatable bonds is 9. The van der Waals surface area contributed by atoms with Gasteiger partial charge in [0.2, 0.25) is 0 Å². The summed E-state index contributed by atoms with van der Waals surface area (Å²) in [6, 6.07) is 5.23. The molecular weight excluding hydrogens is 316 g/mol. The lowest BCUT2D eigenvalue weighted by Gasteiger charge is -2.31. The van der Waals surface area contributed by atoms with Crippen LogP contribution in [0, 0.1) is 0 Å². The van der Waals surface area contributed by atoms with Gasteiger partial charge < -0.3 is 20.5 Å². The molecule has 5 nitrogen and oxygen atoms in total. The number of hydrogen-bond acceptors (Lipinski definition) is 4. The minimum Gasteiger partial charge on any atom is -0.490 e. The molecule has 23 heavy (non-hydrogen) atoms. The van der Waals surface area contributed by atoms with Gasteiger partial charge >= 0.3 is 0 Å². The molecule has 1 aromatic rings. The zero-order valence-electron chi connectivity index (χ0n) is 14.5. The van der Waals surface area contributed by atoms with Crippen molar-refractivity contribution in [3.8, 4) is 11.5 Å². The first-order chi connectivity index (χ1) is 10.6. The van der Waals surface area contributed by atoms with E-state index in [9.17, 15) is 4.79 Å². The van der Waals surface area contributed by atoms with Crippen molar-refractivity contribution < 1.29 is 14.3 Å². The molecule has 0 fully saturated rings. The van der Waals surface area contributed by atoms with E-state index in [0.29, 0.717) is 36.8 Å². The number of hydrogen-bond donors (Lipinski definition) is 2. The molecule has 3 N–H and O–H groups in total. The molecule has 0 atom stereocenters. The monoisotopic (exact) mass is 344 g/mol. The molecule has 0 radical (unpaired) electrons. The third kappa shape index (κ3) is 5.59. The Kier molecular flexibility index (Phi) is 9.68. The van der Waals surface area contributed by atoms with Crippen molar-refractivity contribution in [3.05, 3.63) is 23.8 Å². The zero-order chi connectivity index (χ0) is 16.6. The SMILES string of the molecule is CCOc1ccc(C(=O)NC(CC)(CC)CN)cc1OCC.Cl. The van der Waals surface area contributed by atoms with Crippen molar-refractivity contribution in [2.75, 3.05) is 19.8 Å². The van der Waals surface area contributed by atoms with Crippen molar-refractivity contribution in [3.63, 3.8) is 0 Å². The summed E-state index contributed by atoms with van der Waals surface area (Å²) in [5.74, 6) is 1.10. The first-order valence-corrected chi connectivity index (χ1v) is 7.98. The zero-order valence-corrected chi connectivity index (χ0v) is 15.3. The van der Waals surface area contributed by atoms with Crippen LogP contribution < -0.4 is 20.5 Å². The average molecular weight is 345 g/mol. The van der Waals surface area contributed by atoms with Crippen LogP contribution in [0.1, 0.15) is 50.9 Å². The molecule has 0 aliphatic carbocycles. The maximum Gasteiger partial charge on any atom is 0.251 e. The summed E-state index contributed by atoms with van der Waals surface area (Å²) in [5, 5.41) is 3.06. The van der Waals surface area contributed by atoms with Crippen LogP contribution in [0.2, 0.25) is 0 Å². The molecule has 1 aromatic carbocycles. The fourth-order valence-electron chi connectivity index (χ4n) is 2.27. The number of halogens is 1. The molecule has 0 saturated carbocycles. The van der Waals surface area contributed by atoms with Crippen LogP contribution in [0.3, 0.4) is 0 Å². The lowest BCUT2D eigenvalue weighted by atomic mass is 9.92. The first-order valence-electron chi connectivity index (χ1n) is 7.98. The van der Waals surface area contributed by atoms with Crippen LogP contribution in [-0.2, 0) is 0 Å². The second-order valence-corrected chi connectivity index (χ2v) is 5.17. The Morgan fingerprint density at radius 3 is 2.13 bits per heavy atom. The first kappa shape index (κ1) is 21.5. The molecule has 0 unspecified atom stereocenters. The largest absolute Gasteiger partial charge is 0.490 e. The molecule has 132 valence electrons. The number of benzene rings is 1. The van der Waals surface area contributed by atoms with Crippen molar-refractivity contribution in [1.82, 2.24) is 5.32 Å². The molecule has 1 rings (SSSR count). The molecular formula is C17H29ClN2O3. The van der Waals surface area contributed by atoms with E-state index in [4.69, 9.17) is 15.2 Å². The van der Waals surface area contributed by atoms with Gasteiger partial charge in [0.1, 0.15) is 0 Å². The van der Waals surface area contributed by atoms with Crippen LogP contribution in [0.25, 0.3) is 0 Å². The summed E-state index contributed by atoms with van der Waals surface area (Å²) >= 11 is 0. The third-order valence-corrected chi connectivity index (χ3v) is 3.93. The van der Waals surface area contributed by atoms with Crippen molar-refractivity contribution in [2.45, 2.75) is 46.1 Å². The van der Waals surface area contributed by atoms with Crippen LogP contribution in [0.4, 0.5) is 0 Å². The van der Waals surface area contributed by atoms with Gasteiger partial charge in [-0.05, 0) is 44.9 Å². The molecule has 1 amide bonds. The molecule has 0 saturated heterocycles. The van der Waals surface area contributed by atoms with E-state index in [1.165, 1.54) is 0 Å². The quantitative estimate of drug-likeness (QED) is 0.721. The summed E-state index contributed by atoms with van der Waals surface area (Å²) in [5.41, 5.74) is 6.03. The van der Waals surface area contributed by atoms with E-state index in [0.717, 1.165) is 12.8 Å². The summed E-state index contributed by atoms with van der Waals surface area (Å²) in [4.78, 5) is 12.5. The summed E-state index contributed by atoms with van der Waals surface area (Å²) in [6.07, 6.45) is 1.59. The van der Waals surface area contributed by atoms with Crippen molar-refractivity contribution in [1.29, 1.82) is 0 Å². The number of carbonyl (C=O) groups is 1. The van der Waals surface area contributed by atoms with E-state index in [2.05, 4.69) is 5.32 Å². The maximum absolute atomic E-state index is 12.5. The van der Waals surface area contributed by atoms with Gasteiger partial charge in [0.25, 0.3) is 5.91 Å². The van der Waals surface area contributed by atoms with Crippen LogP contribution >= 0.6 is 12.4 Å². The Labute approximate surface area is 145 Å². The number of nitrogens with two attached hydrogens (primary N) is 1. The van der Waals surface area contributed by atoms with Gasteiger partial charge in [-0.25, -0.2) is 0 Å². The lowest BCUT2D eigenvalue weighted by molar-refractivity contribution is 0.0894. The van der Waals surface area contributed by atoms with Crippen molar-refractivity contribution in [2.24, 2.45) is 5.73 Å². The fraction of sp³-hybridized carbons (Fsp3) is 0.588. The van der Waals surface area contributed by atoms with Gasteiger partial charge in [0.05, 0.1) is 18.8 Å². The van der Waals surface area contributed by atoms with Gasteiger partial charge in [-0.3, -0.25) is 4.79 Å². The second kappa shape index (κ2) is 10.3. The van der Waals surface area contributed by atoms with E-state index < -0.39 is 0 Å². The topological polar surface area (TPSA) is 73.6 Å². The normalized spacial score (nSPS) is 10.7. The van der Waals surface area contributed by atoms with E-state index in [-0.39, 0.29) is 23.9 Å². The summed E-state index contributed by atoms with van der Waals surface area (Å²) < 4.78 is 11.1. The highest BCUT2D eigenvalue weighted by atomic mass is 35.5. The van der Waals surface area contributed by atoms with Gasteiger partial charge in [0, 0.05) is 12.1 Å². The van der Waals surface area contributed by atoms with Gasteiger partial charge in [-0.1, -0.05) is 13.8 Å². The highest BCUT2D eigenvalue weighted by Gasteiger charge is 2.27. The van der Waals surface area contributed by atoms with Gasteiger partial charge in [-0.15, -0.1) is 12.4 Å². The molecule has 6 heteroatoms. The van der Waals surface area contributed by atoms with Crippen LogP contribution in [0.15, 0.2) is 18.2 Å². The number of ether oxygens (including phenoxy) is 2. The molecule has 0 aliphatic rings. The Balaban J connectivity index is 0.00000484. The number of carbonyl (C=O) groups excluding carboxylic acids is 1. The Morgan fingerprint density at radius 2 is 1.65 bits per heavy atom. The minimum atomic E-state index is -0.360. The smallest absolute Gasteiger partial charge is 0.251 e. The van der Waals surface area contributed by atoms with Gasteiger partial charge in [0.15, 0.2) is 11.5 Å². The van der Waals surface area contributed by atoms with E-state index >= 15 is 0 Å². The summed E-state index contributed by atoms with van der Waals surface area (Å²) in [6.45, 7) is 9.35. The third-order valence-electron chi connectivity index (χ3n) is 3.93. The highest BCUT2D eigenvalue weighted by Crippen LogP contribution is 2.29. The standard InChI is InChI=1S/C17H28N2O3.ClH/c1-5-17(6-2,12-18)19-16(20)13-9-10-14(21-7-3)15(11-13)22-8-4;/h9-11H,5-8,12,18H2,1-4H3,(H,19,20);1H. The average Bonchev–Trinajstić information content (AvgIpc) is 2.54. The molecule has 0 spiro atoms. The van der Waals surface area contributed by atoms with Crippen LogP contribution in [0.5, 0.6) is 11.5 Å².